The molecule has 0 bridgehead atoms. The Hall–Kier alpha value is -1.43. The minimum Gasteiger partial charge on any atom is -0.317 e. The maximum atomic E-state index is 12.4. The second kappa shape index (κ2) is 7.85. The molecule has 6 heteroatoms. The summed E-state index contributed by atoms with van der Waals surface area (Å²) < 4.78 is 0. The summed E-state index contributed by atoms with van der Waals surface area (Å²) in [5, 5.41) is 7.06. The number of nitrogens with one attached hydrogen (secondary N) is 2. The number of nitrogens with zero attached hydrogens (tertiary/aromatic N) is 1. The number of halogens is 1. The lowest BCUT2D eigenvalue weighted by molar-refractivity contribution is -0.120. The van der Waals surface area contributed by atoms with Crippen molar-refractivity contribution in [3.8, 4) is 11.3 Å². The average molecular weight is 378 g/mol. The van der Waals surface area contributed by atoms with Crippen LogP contribution in [0, 0.1) is 12.8 Å². The highest BCUT2D eigenvalue weighted by Gasteiger charge is 2.22. The standard InChI is InChI=1S/C19H23N3OS.ClH/c1-12-17(16-6-5-13-3-2-4-15(13)11-16)21-19(24-12)22-18(23)14-7-9-20-10-8-14;/h5-6,11,14,20H,2-4,7-10H2,1H3,(H,21,22,23);1H. The SMILES string of the molecule is Cc1sc(NC(=O)C2CCNCC2)nc1-c1ccc2c(c1)CCC2.Cl. The smallest absolute Gasteiger partial charge is 0.229 e. The fourth-order valence-electron chi connectivity index (χ4n) is 3.73. The lowest BCUT2D eigenvalue weighted by atomic mass is 9.97. The number of benzene rings is 1. The van der Waals surface area contributed by atoms with E-state index in [4.69, 9.17) is 4.98 Å². The first-order valence-electron chi connectivity index (χ1n) is 8.82. The number of rotatable bonds is 3. The molecule has 0 unspecified atom stereocenters. The van der Waals surface area contributed by atoms with E-state index in [-0.39, 0.29) is 24.2 Å². The number of hydrogen-bond acceptors (Lipinski definition) is 4. The average Bonchev–Trinajstić information content (AvgIpc) is 3.21. The van der Waals surface area contributed by atoms with Gasteiger partial charge in [0.15, 0.2) is 5.13 Å². The molecule has 2 heterocycles. The van der Waals surface area contributed by atoms with Crippen LogP contribution >= 0.6 is 23.7 Å². The zero-order chi connectivity index (χ0) is 16.5. The topological polar surface area (TPSA) is 54.0 Å². The molecular formula is C19H24ClN3OS. The second-order valence-electron chi connectivity index (χ2n) is 6.77. The molecule has 1 aliphatic heterocycles. The summed E-state index contributed by atoms with van der Waals surface area (Å²) in [7, 11) is 0. The fraction of sp³-hybridized carbons (Fsp3) is 0.474. The third-order valence-electron chi connectivity index (χ3n) is 5.11. The predicted octanol–water partition coefficient (Wildman–Crippen LogP) is 3.97. The Bertz CT molecular complexity index is 768. The summed E-state index contributed by atoms with van der Waals surface area (Å²) in [6, 6.07) is 6.69. The number of thiazole rings is 1. The summed E-state index contributed by atoms with van der Waals surface area (Å²) in [5.74, 6) is 0.227. The molecule has 0 atom stereocenters. The lowest BCUT2D eigenvalue weighted by Gasteiger charge is -2.21. The van der Waals surface area contributed by atoms with Crippen molar-refractivity contribution in [3.63, 3.8) is 0 Å². The summed E-state index contributed by atoms with van der Waals surface area (Å²) in [5.41, 5.74) is 5.12. The summed E-state index contributed by atoms with van der Waals surface area (Å²) in [6.07, 6.45) is 5.45. The molecule has 1 amide bonds. The summed E-state index contributed by atoms with van der Waals surface area (Å²) >= 11 is 1.58. The van der Waals surface area contributed by atoms with Gasteiger partial charge in [-0.25, -0.2) is 4.98 Å². The quantitative estimate of drug-likeness (QED) is 0.851. The third-order valence-corrected chi connectivity index (χ3v) is 5.99. The molecule has 2 N–H and O–H groups in total. The van der Waals surface area contributed by atoms with E-state index in [2.05, 4.69) is 35.8 Å². The van der Waals surface area contributed by atoms with Crippen LogP contribution in [0.2, 0.25) is 0 Å². The van der Waals surface area contributed by atoms with Gasteiger partial charge in [0, 0.05) is 16.4 Å². The van der Waals surface area contributed by atoms with E-state index in [1.807, 2.05) is 0 Å². The number of anilines is 1. The number of carbonyl (C=O) groups is 1. The highest BCUT2D eigenvalue weighted by molar-refractivity contribution is 7.16. The number of hydrogen-bond donors (Lipinski definition) is 2. The number of amides is 1. The van der Waals surface area contributed by atoms with Crippen molar-refractivity contribution < 1.29 is 4.79 Å². The second-order valence-corrected chi connectivity index (χ2v) is 7.98. The van der Waals surface area contributed by atoms with E-state index >= 15 is 0 Å². The van der Waals surface area contributed by atoms with Gasteiger partial charge in [0.25, 0.3) is 0 Å². The molecule has 4 nitrogen and oxygen atoms in total. The van der Waals surface area contributed by atoms with Crippen molar-refractivity contribution in [3.05, 3.63) is 34.2 Å². The molecule has 0 spiro atoms. The zero-order valence-electron chi connectivity index (χ0n) is 14.4. The van der Waals surface area contributed by atoms with Crippen LogP contribution in [0.3, 0.4) is 0 Å². The van der Waals surface area contributed by atoms with Crippen molar-refractivity contribution >= 4 is 34.8 Å². The van der Waals surface area contributed by atoms with Crippen molar-refractivity contribution in [2.45, 2.75) is 39.0 Å². The van der Waals surface area contributed by atoms with Crippen LogP contribution in [-0.2, 0) is 17.6 Å². The van der Waals surface area contributed by atoms with Crippen LogP contribution in [0.5, 0.6) is 0 Å². The molecule has 134 valence electrons. The Kier molecular flexibility index (Phi) is 5.77. The molecule has 1 fully saturated rings. The van der Waals surface area contributed by atoms with E-state index < -0.39 is 0 Å². The minimum atomic E-state index is 0. The Balaban J connectivity index is 0.00000182. The molecular weight excluding hydrogens is 354 g/mol. The summed E-state index contributed by atoms with van der Waals surface area (Å²) in [6.45, 7) is 3.94. The minimum absolute atomic E-state index is 0. The predicted molar refractivity (Wildman–Crippen MR) is 106 cm³/mol. The summed E-state index contributed by atoms with van der Waals surface area (Å²) in [4.78, 5) is 18.3. The molecule has 2 aliphatic rings. The van der Waals surface area contributed by atoms with E-state index in [0.717, 1.165) is 41.6 Å². The van der Waals surface area contributed by atoms with Crippen molar-refractivity contribution in [1.82, 2.24) is 10.3 Å². The number of carbonyl (C=O) groups excluding carboxylic acids is 1. The Morgan fingerprint density at radius 3 is 2.80 bits per heavy atom. The molecule has 4 rings (SSSR count). The molecule has 1 aromatic heterocycles. The molecule has 25 heavy (non-hydrogen) atoms. The lowest BCUT2D eigenvalue weighted by Crippen LogP contribution is -2.34. The van der Waals surface area contributed by atoms with Gasteiger partial charge in [0.1, 0.15) is 0 Å². The van der Waals surface area contributed by atoms with E-state index in [1.54, 1.807) is 11.3 Å². The highest BCUT2D eigenvalue weighted by Crippen LogP contribution is 2.33. The van der Waals surface area contributed by atoms with Gasteiger partial charge in [-0.3, -0.25) is 4.79 Å². The van der Waals surface area contributed by atoms with Crippen molar-refractivity contribution in [1.29, 1.82) is 0 Å². The van der Waals surface area contributed by atoms with Gasteiger partial charge in [0.2, 0.25) is 5.91 Å². The van der Waals surface area contributed by atoms with Crippen LogP contribution in [0.4, 0.5) is 5.13 Å². The molecule has 0 radical (unpaired) electrons. The Morgan fingerprint density at radius 2 is 2.00 bits per heavy atom. The van der Waals surface area contributed by atoms with Crippen molar-refractivity contribution in [2.24, 2.45) is 5.92 Å². The monoisotopic (exact) mass is 377 g/mol. The zero-order valence-corrected chi connectivity index (χ0v) is 16.1. The molecule has 1 aliphatic carbocycles. The van der Waals surface area contributed by atoms with E-state index in [0.29, 0.717) is 0 Å². The van der Waals surface area contributed by atoms with Crippen LogP contribution in [-0.4, -0.2) is 24.0 Å². The normalized spacial score (nSPS) is 17.0. The first-order chi connectivity index (χ1) is 11.7. The van der Waals surface area contributed by atoms with E-state index in [1.165, 1.54) is 36.0 Å². The number of aryl methyl sites for hydroxylation is 3. The molecule has 2 aromatic rings. The molecule has 1 saturated heterocycles. The largest absolute Gasteiger partial charge is 0.317 e. The van der Waals surface area contributed by atoms with Gasteiger partial charge in [-0.1, -0.05) is 12.1 Å². The number of fused-ring (bicyclic) bond motifs is 1. The van der Waals surface area contributed by atoms with Crippen LogP contribution in [0.1, 0.15) is 35.3 Å². The van der Waals surface area contributed by atoms with Gasteiger partial charge in [-0.2, -0.15) is 0 Å². The first-order valence-corrected chi connectivity index (χ1v) is 9.63. The van der Waals surface area contributed by atoms with Gasteiger partial charge in [0.05, 0.1) is 5.69 Å². The number of aromatic nitrogens is 1. The molecule has 0 saturated carbocycles. The maximum absolute atomic E-state index is 12.4. The number of piperidine rings is 1. The van der Waals surface area contributed by atoms with Crippen LogP contribution in [0.15, 0.2) is 18.2 Å². The highest BCUT2D eigenvalue weighted by atomic mass is 35.5. The maximum Gasteiger partial charge on any atom is 0.229 e. The fourth-order valence-corrected chi connectivity index (χ4v) is 4.57. The Morgan fingerprint density at radius 1 is 1.24 bits per heavy atom. The Labute approximate surface area is 158 Å². The first kappa shape index (κ1) is 18.4. The molecule has 1 aromatic carbocycles. The van der Waals surface area contributed by atoms with Gasteiger partial charge < -0.3 is 10.6 Å². The van der Waals surface area contributed by atoms with Gasteiger partial charge in [-0.15, -0.1) is 23.7 Å². The van der Waals surface area contributed by atoms with Crippen molar-refractivity contribution in [2.75, 3.05) is 18.4 Å². The van der Waals surface area contributed by atoms with Gasteiger partial charge >= 0.3 is 0 Å². The third kappa shape index (κ3) is 3.89. The van der Waals surface area contributed by atoms with Gasteiger partial charge in [-0.05, 0) is 69.3 Å². The van der Waals surface area contributed by atoms with Crippen LogP contribution < -0.4 is 10.6 Å². The van der Waals surface area contributed by atoms with Crippen LogP contribution in [0.25, 0.3) is 11.3 Å². The van der Waals surface area contributed by atoms with E-state index in [9.17, 15) is 4.79 Å².